The van der Waals surface area contributed by atoms with Gasteiger partial charge in [-0.2, -0.15) is 0 Å². The van der Waals surface area contributed by atoms with Crippen molar-refractivity contribution in [2.75, 3.05) is 18.1 Å². The van der Waals surface area contributed by atoms with Crippen LogP contribution in [0.2, 0.25) is 5.02 Å². The molecule has 0 bridgehead atoms. The monoisotopic (exact) mass is 227 g/mol. The highest BCUT2D eigenvalue weighted by Crippen LogP contribution is 2.18. The Morgan fingerprint density at radius 3 is 3.00 bits per heavy atom. The van der Waals surface area contributed by atoms with Gasteiger partial charge in [-0.25, -0.2) is 0 Å². The Kier molecular flexibility index (Phi) is 2.74. The van der Waals surface area contributed by atoms with E-state index in [0.717, 1.165) is 23.8 Å². The van der Waals surface area contributed by atoms with Gasteiger partial charge in [-0.05, 0) is 30.4 Å². The van der Waals surface area contributed by atoms with E-state index in [-0.39, 0.29) is 0 Å². The molecule has 0 radical (unpaired) electrons. The number of hydrazine groups is 1. The first kappa shape index (κ1) is 9.55. The van der Waals surface area contributed by atoms with Crippen LogP contribution in [0.1, 0.15) is 0 Å². The second-order valence-electron chi connectivity index (χ2n) is 3.00. The van der Waals surface area contributed by atoms with Gasteiger partial charge < -0.3 is 5.32 Å². The third-order valence-corrected chi connectivity index (χ3v) is 2.45. The number of hydrogen-bond acceptors (Lipinski definition) is 2. The van der Waals surface area contributed by atoms with Crippen LogP contribution in [0, 0.1) is 0 Å². The molecule has 1 saturated heterocycles. The highest BCUT2D eigenvalue weighted by Gasteiger charge is 2.12. The van der Waals surface area contributed by atoms with Crippen molar-refractivity contribution in [3.8, 4) is 0 Å². The molecule has 0 aromatic heterocycles. The standard InChI is InChI=1S/C9H10ClN3S/c10-7-2-1-3-8(6-7)13-5-4-11-9(14)12-13/h1-3,6H,4-5H2,(H2,11,12,14). The van der Waals surface area contributed by atoms with Crippen LogP contribution in [0.5, 0.6) is 0 Å². The summed E-state index contributed by atoms with van der Waals surface area (Å²) in [6, 6.07) is 7.67. The largest absolute Gasteiger partial charge is 0.359 e. The van der Waals surface area contributed by atoms with Gasteiger partial charge in [0, 0.05) is 11.6 Å². The third-order valence-electron chi connectivity index (χ3n) is 1.98. The van der Waals surface area contributed by atoms with Crippen LogP contribution in [0.3, 0.4) is 0 Å². The number of nitrogens with one attached hydrogen (secondary N) is 2. The van der Waals surface area contributed by atoms with Crippen molar-refractivity contribution in [2.45, 2.75) is 0 Å². The number of nitrogens with zero attached hydrogens (tertiary/aromatic N) is 1. The van der Waals surface area contributed by atoms with Crippen molar-refractivity contribution in [3.63, 3.8) is 0 Å². The molecule has 5 heteroatoms. The Morgan fingerprint density at radius 2 is 2.29 bits per heavy atom. The molecular formula is C9H10ClN3S. The minimum atomic E-state index is 0.649. The molecule has 0 spiro atoms. The lowest BCUT2D eigenvalue weighted by molar-refractivity contribution is 0.670. The summed E-state index contributed by atoms with van der Waals surface area (Å²) < 4.78 is 0. The van der Waals surface area contributed by atoms with Crippen LogP contribution < -0.4 is 15.8 Å². The zero-order valence-electron chi connectivity index (χ0n) is 7.46. The highest BCUT2D eigenvalue weighted by atomic mass is 35.5. The summed E-state index contributed by atoms with van der Waals surface area (Å²) in [5.41, 5.74) is 4.08. The molecular weight excluding hydrogens is 218 g/mol. The maximum Gasteiger partial charge on any atom is 0.185 e. The van der Waals surface area contributed by atoms with Crippen molar-refractivity contribution in [1.29, 1.82) is 0 Å². The fourth-order valence-corrected chi connectivity index (χ4v) is 1.73. The third kappa shape index (κ3) is 2.08. The van der Waals surface area contributed by atoms with E-state index in [2.05, 4.69) is 10.7 Å². The van der Waals surface area contributed by atoms with Crippen molar-refractivity contribution in [2.24, 2.45) is 0 Å². The van der Waals surface area contributed by atoms with Crippen LogP contribution >= 0.6 is 23.8 Å². The number of thiocarbonyl (C=S) groups is 1. The average Bonchev–Trinajstić information content (AvgIpc) is 2.18. The zero-order chi connectivity index (χ0) is 9.97. The summed E-state index contributed by atoms with van der Waals surface area (Å²) in [7, 11) is 0. The van der Waals surface area contributed by atoms with Gasteiger partial charge in [-0.1, -0.05) is 17.7 Å². The molecule has 3 nitrogen and oxygen atoms in total. The molecule has 1 fully saturated rings. The minimum absolute atomic E-state index is 0.649. The van der Waals surface area contributed by atoms with Gasteiger partial charge in [0.15, 0.2) is 5.11 Å². The summed E-state index contributed by atoms with van der Waals surface area (Å²) in [4.78, 5) is 0. The van der Waals surface area contributed by atoms with Crippen molar-refractivity contribution >= 4 is 34.6 Å². The van der Waals surface area contributed by atoms with E-state index in [0.29, 0.717) is 5.11 Å². The number of hydrogen-bond donors (Lipinski definition) is 2. The number of rotatable bonds is 1. The molecule has 2 N–H and O–H groups in total. The second-order valence-corrected chi connectivity index (χ2v) is 3.84. The van der Waals surface area contributed by atoms with Crippen LogP contribution in [0.25, 0.3) is 0 Å². The first-order valence-corrected chi connectivity index (χ1v) is 5.12. The Bertz CT molecular complexity index is 356. The number of anilines is 1. The predicted octanol–water partition coefficient (Wildman–Crippen LogP) is 1.54. The van der Waals surface area contributed by atoms with E-state index < -0.39 is 0 Å². The molecule has 1 aliphatic rings. The Balaban J connectivity index is 2.17. The van der Waals surface area contributed by atoms with Gasteiger partial charge in [-0.15, -0.1) is 0 Å². The molecule has 1 aromatic rings. The second kappa shape index (κ2) is 4.02. The van der Waals surface area contributed by atoms with Gasteiger partial charge in [-0.3, -0.25) is 10.4 Å². The van der Waals surface area contributed by atoms with E-state index in [1.807, 2.05) is 29.3 Å². The predicted molar refractivity (Wildman–Crippen MR) is 62.5 cm³/mol. The molecule has 14 heavy (non-hydrogen) atoms. The molecule has 0 aliphatic carbocycles. The van der Waals surface area contributed by atoms with Crippen molar-refractivity contribution in [3.05, 3.63) is 29.3 Å². The first-order chi connectivity index (χ1) is 6.75. The van der Waals surface area contributed by atoms with Gasteiger partial charge in [0.2, 0.25) is 0 Å². The fraction of sp³-hybridized carbons (Fsp3) is 0.222. The smallest absolute Gasteiger partial charge is 0.185 e. The lowest BCUT2D eigenvalue weighted by atomic mass is 10.3. The van der Waals surface area contributed by atoms with E-state index in [1.165, 1.54) is 0 Å². The van der Waals surface area contributed by atoms with Gasteiger partial charge in [0.25, 0.3) is 0 Å². The number of benzene rings is 1. The van der Waals surface area contributed by atoms with Crippen molar-refractivity contribution < 1.29 is 0 Å². The number of halogens is 1. The van der Waals surface area contributed by atoms with Gasteiger partial charge >= 0.3 is 0 Å². The summed E-state index contributed by atoms with van der Waals surface area (Å²) >= 11 is 10.9. The van der Waals surface area contributed by atoms with E-state index >= 15 is 0 Å². The summed E-state index contributed by atoms with van der Waals surface area (Å²) in [6.45, 7) is 1.71. The molecule has 74 valence electrons. The molecule has 0 saturated carbocycles. The average molecular weight is 228 g/mol. The van der Waals surface area contributed by atoms with E-state index in [4.69, 9.17) is 23.8 Å². The molecule has 0 amide bonds. The quantitative estimate of drug-likeness (QED) is 0.712. The molecule has 0 atom stereocenters. The van der Waals surface area contributed by atoms with Crippen LogP contribution in [0.4, 0.5) is 5.69 Å². The highest BCUT2D eigenvalue weighted by molar-refractivity contribution is 7.80. The summed E-state index contributed by atoms with van der Waals surface area (Å²) in [6.07, 6.45) is 0. The SMILES string of the molecule is S=C1NCCN(c2cccc(Cl)c2)N1. The molecule has 1 heterocycles. The minimum Gasteiger partial charge on any atom is -0.359 e. The lowest BCUT2D eigenvalue weighted by Crippen LogP contribution is -2.55. The van der Waals surface area contributed by atoms with Crippen molar-refractivity contribution in [1.82, 2.24) is 10.7 Å². The molecule has 0 unspecified atom stereocenters. The maximum atomic E-state index is 5.90. The topological polar surface area (TPSA) is 27.3 Å². The zero-order valence-corrected chi connectivity index (χ0v) is 9.03. The molecule has 2 rings (SSSR count). The molecule has 1 aliphatic heterocycles. The van der Waals surface area contributed by atoms with Crippen LogP contribution in [-0.4, -0.2) is 18.2 Å². The molecule has 1 aromatic carbocycles. The first-order valence-electron chi connectivity index (χ1n) is 4.33. The summed E-state index contributed by atoms with van der Waals surface area (Å²) in [5, 5.41) is 6.40. The lowest BCUT2D eigenvalue weighted by Gasteiger charge is -2.31. The van der Waals surface area contributed by atoms with Crippen LogP contribution in [-0.2, 0) is 0 Å². The summed E-state index contributed by atoms with van der Waals surface area (Å²) in [5.74, 6) is 0. The fourth-order valence-electron chi connectivity index (χ4n) is 1.34. The van der Waals surface area contributed by atoms with Gasteiger partial charge in [0.1, 0.15) is 0 Å². The van der Waals surface area contributed by atoms with E-state index in [9.17, 15) is 0 Å². The Morgan fingerprint density at radius 1 is 1.43 bits per heavy atom. The Labute approximate surface area is 93.0 Å². The normalized spacial score (nSPS) is 16.1. The van der Waals surface area contributed by atoms with Crippen LogP contribution in [0.15, 0.2) is 24.3 Å². The van der Waals surface area contributed by atoms with E-state index in [1.54, 1.807) is 0 Å². The Hall–Kier alpha value is -1.00. The van der Waals surface area contributed by atoms with Gasteiger partial charge in [0.05, 0.1) is 12.2 Å². The maximum absolute atomic E-state index is 5.90.